The lowest BCUT2D eigenvalue weighted by Crippen LogP contribution is -2.25. The summed E-state index contributed by atoms with van der Waals surface area (Å²) in [6.07, 6.45) is 6.23. The average molecular weight is 453 g/mol. The van der Waals surface area contributed by atoms with Gasteiger partial charge in [0.1, 0.15) is 5.82 Å². The highest BCUT2D eigenvalue weighted by molar-refractivity contribution is 7.10. The highest BCUT2D eigenvalue weighted by atomic mass is 32.1. The maximum atomic E-state index is 12.2. The van der Waals surface area contributed by atoms with Crippen LogP contribution < -0.4 is 0 Å². The second-order valence-corrected chi connectivity index (χ2v) is 9.20. The van der Waals surface area contributed by atoms with Gasteiger partial charge in [0.15, 0.2) is 0 Å². The third-order valence-corrected chi connectivity index (χ3v) is 6.79. The number of aryl methyl sites for hydroxylation is 1. The number of hydrogen-bond acceptors (Lipinski definition) is 4. The molecule has 6 nitrogen and oxygen atoms in total. The van der Waals surface area contributed by atoms with Gasteiger partial charge in [-0.1, -0.05) is 45.4 Å². The predicted octanol–water partition coefficient (Wildman–Crippen LogP) is 5.48. The topological polar surface area (TPSA) is 92.4 Å². The Morgan fingerprint density at radius 3 is 2.44 bits per heavy atom. The van der Waals surface area contributed by atoms with Crippen LogP contribution in [-0.2, 0) is 23.2 Å². The number of thiophene rings is 1. The number of imidazole rings is 1. The van der Waals surface area contributed by atoms with Crippen molar-refractivity contribution in [2.45, 2.75) is 52.0 Å². The molecule has 2 heterocycles. The van der Waals surface area contributed by atoms with E-state index < -0.39 is 17.4 Å². The number of aliphatic carboxylic acids is 1. The maximum Gasteiger partial charge on any atom is 0.335 e. The Labute approximate surface area is 191 Å². The Morgan fingerprint density at radius 2 is 1.88 bits per heavy atom. The second kappa shape index (κ2) is 9.96. The van der Waals surface area contributed by atoms with E-state index in [-0.39, 0.29) is 5.56 Å². The standard InChI is InChI=1S/C25H28N2O4S/c1-4-5-8-22-26-15-19(27(22)16-17-9-11-18(12-10-17)23(28)29)14-20(24(30)31)25(2,3)21-7-6-13-32-21/h6-7,9-15H,4-5,8,16H2,1-3H3,(H,28,29)(H,30,31)/b20-14-. The zero-order valence-electron chi connectivity index (χ0n) is 18.5. The summed E-state index contributed by atoms with van der Waals surface area (Å²) in [5, 5.41) is 21.1. The molecule has 2 aromatic heterocycles. The van der Waals surface area contributed by atoms with E-state index in [1.807, 2.05) is 35.9 Å². The van der Waals surface area contributed by atoms with Gasteiger partial charge in [-0.3, -0.25) is 0 Å². The first-order valence-electron chi connectivity index (χ1n) is 10.6. The molecule has 3 aromatic rings. The van der Waals surface area contributed by atoms with Crippen molar-refractivity contribution in [3.63, 3.8) is 0 Å². The SMILES string of the molecule is CCCCc1ncc(/C=C(/C(=O)O)C(C)(C)c2cccs2)n1Cc1ccc(C(=O)O)cc1. The molecular weight excluding hydrogens is 424 g/mol. The molecule has 0 unspecified atom stereocenters. The van der Waals surface area contributed by atoms with E-state index in [1.54, 1.807) is 36.5 Å². The Kier molecular flexibility index (Phi) is 7.30. The molecule has 2 N–H and O–H groups in total. The Bertz CT molecular complexity index is 1110. The summed E-state index contributed by atoms with van der Waals surface area (Å²) in [7, 11) is 0. The van der Waals surface area contributed by atoms with Crippen LogP contribution in [-0.4, -0.2) is 31.7 Å². The molecule has 7 heteroatoms. The number of carbonyl (C=O) groups is 2. The molecule has 168 valence electrons. The minimum atomic E-state index is -0.964. The van der Waals surface area contributed by atoms with Gasteiger partial charge in [-0.25, -0.2) is 14.6 Å². The van der Waals surface area contributed by atoms with Crippen LogP contribution >= 0.6 is 11.3 Å². The Hall–Kier alpha value is -3.19. The van der Waals surface area contributed by atoms with Crippen LogP contribution in [0.15, 0.2) is 53.5 Å². The lowest BCUT2D eigenvalue weighted by atomic mass is 9.82. The summed E-state index contributed by atoms with van der Waals surface area (Å²) in [4.78, 5) is 29.0. The minimum Gasteiger partial charge on any atom is -0.478 e. The quantitative estimate of drug-likeness (QED) is 0.397. The third-order valence-electron chi connectivity index (χ3n) is 5.60. The molecule has 0 fully saturated rings. The van der Waals surface area contributed by atoms with E-state index in [1.165, 1.54) is 11.3 Å². The summed E-state index contributed by atoms with van der Waals surface area (Å²) < 4.78 is 2.03. The molecule has 0 bridgehead atoms. The summed E-state index contributed by atoms with van der Waals surface area (Å²) >= 11 is 1.54. The summed E-state index contributed by atoms with van der Waals surface area (Å²) in [6.45, 7) is 6.44. The van der Waals surface area contributed by atoms with Crippen molar-refractivity contribution < 1.29 is 19.8 Å². The predicted molar refractivity (Wildman–Crippen MR) is 126 cm³/mol. The molecular formula is C25H28N2O4S. The first-order valence-corrected chi connectivity index (χ1v) is 11.5. The van der Waals surface area contributed by atoms with Crippen LogP contribution in [0.25, 0.3) is 6.08 Å². The number of carboxylic acids is 2. The Morgan fingerprint density at radius 1 is 1.16 bits per heavy atom. The fraction of sp³-hybridized carbons (Fsp3) is 0.320. The summed E-state index contributed by atoms with van der Waals surface area (Å²) in [5.74, 6) is -1.04. The van der Waals surface area contributed by atoms with Gasteiger partial charge >= 0.3 is 11.9 Å². The van der Waals surface area contributed by atoms with Gasteiger partial charge < -0.3 is 14.8 Å². The lowest BCUT2D eigenvalue weighted by Gasteiger charge is -2.24. The largest absolute Gasteiger partial charge is 0.478 e. The van der Waals surface area contributed by atoms with Gasteiger partial charge in [0.2, 0.25) is 0 Å². The molecule has 0 spiro atoms. The van der Waals surface area contributed by atoms with Crippen molar-refractivity contribution in [1.29, 1.82) is 0 Å². The zero-order valence-corrected chi connectivity index (χ0v) is 19.4. The van der Waals surface area contributed by atoms with Gasteiger partial charge in [0.05, 0.1) is 17.5 Å². The number of benzene rings is 1. The van der Waals surface area contributed by atoms with Crippen molar-refractivity contribution in [1.82, 2.24) is 9.55 Å². The van der Waals surface area contributed by atoms with Gasteiger partial charge in [-0.15, -0.1) is 11.3 Å². The molecule has 3 rings (SSSR count). The van der Waals surface area contributed by atoms with Gasteiger partial charge in [0.25, 0.3) is 0 Å². The van der Waals surface area contributed by atoms with Crippen LogP contribution in [0.3, 0.4) is 0 Å². The average Bonchev–Trinajstić information content (AvgIpc) is 3.42. The van der Waals surface area contributed by atoms with E-state index in [0.717, 1.165) is 41.2 Å². The molecule has 0 atom stereocenters. The number of aromatic carboxylic acids is 1. The number of nitrogens with zero attached hydrogens (tertiary/aromatic N) is 2. The van der Waals surface area contributed by atoms with E-state index in [4.69, 9.17) is 5.11 Å². The first kappa shape index (κ1) is 23.5. The number of carboxylic acid groups (broad SMARTS) is 2. The van der Waals surface area contributed by atoms with Crippen molar-refractivity contribution in [2.75, 3.05) is 0 Å². The van der Waals surface area contributed by atoms with Crippen molar-refractivity contribution in [3.05, 3.63) is 81.1 Å². The molecule has 1 aromatic carbocycles. The zero-order chi connectivity index (χ0) is 23.3. The van der Waals surface area contributed by atoms with E-state index in [2.05, 4.69) is 11.9 Å². The summed E-state index contributed by atoms with van der Waals surface area (Å²) in [6, 6.07) is 10.6. The third kappa shape index (κ3) is 5.16. The molecule has 0 saturated carbocycles. The van der Waals surface area contributed by atoms with Crippen molar-refractivity contribution in [3.8, 4) is 0 Å². The maximum absolute atomic E-state index is 12.2. The van der Waals surface area contributed by atoms with Crippen molar-refractivity contribution >= 4 is 29.4 Å². The molecule has 0 radical (unpaired) electrons. The normalized spacial score (nSPS) is 12.2. The van der Waals surface area contributed by atoms with Crippen molar-refractivity contribution in [2.24, 2.45) is 0 Å². The van der Waals surface area contributed by atoms with E-state index >= 15 is 0 Å². The highest BCUT2D eigenvalue weighted by Crippen LogP contribution is 2.36. The second-order valence-electron chi connectivity index (χ2n) is 8.26. The van der Waals surface area contributed by atoms with Gasteiger partial charge in [0, 0.05) is 28.8 Å². The van der Waals surface area contributed by atoms with Crippen LogP contribution in [0.5, 0.6) is 0 Å². The fourth-order valence-corrected chi connectivity index (χ4v) is 4.49. The molecule has 0 saturated heterocycles. The minimum absolute atomic E-state index is 0.233. The number of rotatable bonds is 10. The van der Waals surface area contributed by atoms with Crippen LogP contribution in [0, 0.1) is 0 Å². The molecule has 0 aliphatic rings. The molecule has 0 aliphatic carbocycles. The lowest BCUT2D eigenvalue weighted by molar-refractivity contribution is -0.133. The Balaban J connectivity index is 2.04. The molecule has 32 heavy (non-hydrogen) atoms. The highest BCUT2D eigenvalue weighted by Gasteiger charge is 2.32. The number of unbranched alkanes of at least 4 members (excludes halogenated alkanes) is 1. The van der Waals surface area contributed by atoms with Crippen LogP contribution in [0.2, 0.25) is 0 Å². The smallest absolute Gasteiger partial charge is 0.335 e. The number of aromatic nitrogens is 2. The van der Waals surface area contributed by atoms with E-state index in [9.17, 15) is 14.7 Å². The summed E-state index contributed by atoms with van der Waals surface area (Å²) in [5.41, 5.74) is 1.51. The molecule has 0 amide bonds. The number of hydrogen-bond donors (Lipinski definition) is 2. The van der Waals surface area contributed by atoms with Gasteiger partial charge in [-0.05, 0) is 41.6 Å². The fourth-order valence-electron chi connectivity index (χ4n) is 3.62. The van der Waals surface area contributed by atoms with Gasteiger partial charge in [-0.2, -0.15) is 0 Å². The van der Waals surface area contributed by atoms with Crippen LogP contribution in [0.1, 0.15) is 65.9 Å². The molecule has 0 aliphatic heterocycles. The first-order chi connectivity index (χ1) is 15.2. The van der Waals surface area contributed by atoms with Crippen LogP contribution in [0.4, 0.5) is 0 Å². The van der Waals surface area contributed by atoms with E-state index in [0.29, 0.717) is 12.1 Å². The monoisotopic (exact) mass is 452 g/mol.